The number of nitrogens with one attached hydrogen (secondary N) is 1. The second kappa shape index (κ2) is 12.5. The van der Waals surface area contributed by atoms with Crippen molar-refractivity contribution in [1.29, 1.82) is 0 Å². The van der Waals surface area contributed by atoms with Crippen LogP contribution in [0.15, 0.2) is 35.3 Å². The van der Waals surface area contributed by atoms with E-state index in [1.807, 2.05) is 6.07 Å². The molecule has 1 aliphatic heterocycles. The number of piperidine rings is 1. The molecule has 0 bridgehead atoms. The van der Waals surface area contributed by atoms with Crippen molar-refractivity contribution in [1.82, 2.24) is 10.2 Å². The highest BCUT2D eigenvalue weighted by atomic mass is 127. The third kappa shape index (κ3) is 8.33. The second-order valence-corrected chi connectivity index (χ2v) is 6.52. The number of hydrogen-bond acceptors (Lipinski definition) is 2. The molecular formula is C19H33IN4. The van der Waals surface area contributed by atoms with Crippen molar-refractivity contribution in [3.63, 3.8) is 0 Å². The molecule has 0 amide bonds. The summed E-state index contributed by atoms with van der Waals surface area (Å²) in [5, 5.41) is 3.20. The van der Waals surface area contributed by atoms with Gasteiger partial charge in [0.2, 0.25) is 0 Å². The summed E-state index contributed by atoms with van der Waals surface area (Å²) in [6.07, 6.45) is 7.42. The highest BCUT2D eigenvalue weighted by Crippen LogP contribution is 2.16. The summed E-state index contributed by atoms with van der Waals surface area (Å²) in [7, 11) is 0. The van der Waals surface area contributed by atoms with Crippen LogP contribution in [0, 0.1) is 0 Å². The first-order valence-corrected chi connectivity index (χ1v) is 9.07. The molecule has 0 saturated carbocycles. The smallest absolute Gasteiger partial charge is 0.188 e. The van der Waals surface area contributed by atoms with Gasteiger partial charge < -0.3 is 16.0 Å². The molecule has 1 unspecified atom stereocenters. The van der Waals surface area contributed by atoms with Crippen molar-refractivity contribution >= 4 is 29.9 Å². The van der Waals surface area contributed by atoms with E-state index in [0.717, 1.165) is 32.0 Å². The van der Waals surface area contributed by atoms with E-state index in [4.69, 9.17) is 5.73 Å². The summed E-state index contributed by atoms with van der Waals surface area (Å²) in [6, 6.07) is 11.2. The third-order valence-corrected chi connectivity index (χ3v) is 4.64. The molecule has 0 spiro atoms. The van der Waals surface area contributed by atoms with Gasteiger partial charge in [-0.15, -0.1) is 24.0 Å². The molecule has 24 heavy (non-hydrogen) atoms. The largest absolute Gasteiger partial charge is 0.370 e. The Kier molecular flexibility index (Phi) is 11.1. The first-order chi connectivity index (χ1) is 11.3. The Morgan fingerprint density at radius 3 is 2.79 bits per heavy atom. The first-order valence-electron chi connectivity index (χ1n) is 9.07. The number of halogens is 1. The minimum atomic E-state index is 0. The van der Waals surface area contributed by atoms with Gasteiger partial charge in [0.1, 0.15) is 0 Å². The van der Waals surface area contributed by atoms with Crippen LogP contribution in [0.4, 0.5) is 0 Å². The number of unbranched alkanes of at least 4 members (excludes halogenated alkanes) is 1. The van der Waals surface area contributed by atoms with Gasteiger partial charge in [0, 0.05) is 19.1 Å². The van der Waals surface area contributed by atoms with Crippen LogP contribution in [0.5, 0.6) is 0 Å². The minimum absolute atomic E-state index is 0. The predicted octanol–water partition coefficient (Wildman–Crippen LogP) is 3.41. The quantitative estimate of drug-likeness (QED) is 0.280. The van der Waals surface area contributed by atoms with Gasteiger partial charge in [0.15, 0.2) is 5.96 Å². The average Bonchev–Trinajstić information content (AvgIpc) is 2.57. The number of benzene rings is 1. The molecule has 1 heterocycles. The van der Waals surface area contributed by atoms with Crippen molar-refractivity contribution in [2.45, 2.75) is 51.5 Å². The number of likely N-dealkylation sites (tertiary alicyclic amines) is 1. The summed E-state index contributed by atoms with van der Waals surface area (Å²) in [5.41, 5.74) is 7.24. The number of nitrogens with zero attached hydrogens (tertiary/aromatic N) is 2. The molecule has 4 nitrogen and oxygen atoms in total. The zero-order valence-corrected chi connectivity index (χ0v) is 17.2. The van der Waals surface area contributed by atoms with E-state index in [1.54, 1.807) is 0 Å². The molecule has 0 aliphatic carbocycles. The Bertz CT molecular complexity index is 464. The molecule has 136 valence electrons. The maximum atomic E-state index is 5.91. The lowest BCUT2D eigenvalue weighted by Gasteiger charge is -2.33. The van der Waals surface area contributed by atoms with E-state index in [1.165, 1.54) is 44.3 Å². The Morgan fingerprint density at radius 2 is 2.04 bits per heavy atom. The van der Waals surface area contributed by atoms with Gasteiger partial charge >= 0.3 is 0 Å². The molecule has 5 heteroatoms. The van der Waals surface area contributed by atoms with Gasteiger partial charge in [-0.25, -0.2) is 0 Å². The van der Waals surface area contributed by atoms with Crippen LogP contribution < -0.4 is 11.1 Å². The molecule has 1 atom stereocenters. The lowest BCUT2D eigenvalue weighted by Crippen LogP contribution is -2.38. The highest BCUT2D eigenvalue weighted by molar-refractivity contribution is 14.0. The molecule has 0 aromatic heterocycles. The van der Waals surface area contributed by atoms with E-state index in [9.17, 15) is 0 Å². The number of nitrogens with two attached hydrogens (primary N) is 1. The topological polar surface area (TPSA) is 53.6 Å². The van der Waals surface area contributed by atoms with Crippen LogP contribution in [-0.4, -0.2) is 43.1 Å². The first kappa shape index (κ1) is 21.2. The van der Waals surface area contributed by atoms with Crippen molar-refractivity contribution in [3.8, 4) is 0 Å². The van der Waals surface area contributed by atoms with Crippen LogP contribution in [0.25, 0.3) is 0 Å². The molecule has 0 radical (unpaired) electrons. The van der Waals surface area contributed by atoms with Crippen LogP contribution >= 0.6 is 24.0 Å². The summed E-state index contributed by atoms with van der Waals surface area (Å²) in [5.74, 6) is 0.576. The molecule has 2 rings (SSSR count). The summed E-state index contributed by atoms with van der Waals surface area (Å²) in [4.78, 5) is 7.04. The Hall–Kier alpha value is -0.820. The van der Waals surface area contributed by atoms with Crippen LogP contribution in [0.2, 0.25) is 0 Å². The maximum absolute atomic E-state index is 5.91. The lowest BCUT2D eigenvalue weighted by molar-refractivity contribution is 0.158. The predicted molar refractivity (Wildman–Crippen MR) is 114 cm³/mol. The number of aliphatic imine (C=N–C) groups is 1. The zero-order chi connectivity index (χ0) is 16.3. The molecule has 1 aromatic rings. The fourth-order valence-electron chi connectivity index (χ4n) is 3.15. The van der Waals surface area contributed by atoms with Crippen molar-refractivity contribution < 1.29 is 0 Å². The summed E-state index contributed by atoms with van der Waals surface area (Å²) < 4.78 is 0. The molecular weight excluding hydrogens is 411 g/mol. The van der Waals surface area contributed by atoms with Crippen molar-refractivity contribution in [3.05, 3.63) is 35.9 Å². The van der Waals surface area contributed by atoms with E-state index in [0.29, 0.717) is 5.96 Å². The van der Waals surface area contributed by atoms with Crippen LogP contribution in [0.3, 0.4) is 0 Å². The van der Waals surface area contributed by atoms with Gasteiger partial charge in [0.05, 0.1) is 0 Å². The van der Waals surface area contributed by atoms with Gasteiger partial charge in [-0.3, -0.25) is 4.99 Å². The van der Waals surface area contributed by atoms with Crippen molar-refractivity contribution in [2.24, 2.45) is 10.7 Å². The summed E-state index contributed by atoms with van der Waals surface area (Å²) >= 11 is 0. The molecule has 1 saturated heterocycles. The second-order valence-electron chi connectivity index (χ2n) is 6.52. The van der Waals surface area contributed by atoms with E-state index < -0.39 is 0 Å². The molecule has 1 aliphatic rings. The number of guanidine groups is 1. The normalized spacial score (nSPS) is 18.9. The van der Waals surface area contributed by atoms with Gasteiger partial charge in [0.25, 0.3) is 0 Å². The lowest BCUT2D eigenvalue weighted by atomic mass is 10.0. The van der Waals surface area contributed by atoms with Crippen LogP contribution in [0.1, 0.15) is 44.6 Å². The SMILES string of the molecule is CC1CCCCN1CCCCN=C(N)NCCc1ccccc1.I. The highest BCUT2D eigenvalue weighted by Gasteiger charge is 2.16. The fraction of sp³-hybridized carbons (Fsp3) is 0.632. The van der Waals surface area contributed by atoms with Gasteiger partial charge in [-0.1, -0.05) is 36.8 Å². The minimum Gasteiger partial charge on any atom is -0.370 e. The molecule has 3 N–H and O–H groups in total. The zero-order valence-electron chi connectivity index (χ0n) is 14.9. The fourth-order valence-corrected chi connectivity index (χ4v) is 3.15. The molecule has 1 aromatic carbocycles. The third-order valence-electron chi connectivity index (χ3n) is 4.64. The Labute approximate surface area is 164 Å². The Balaban J connectivity index is 0.00000288. The maximum Gasteiger partial charge on any atom is 0.188 e. The number of hydrogen-bond donors (Lipinski definition) is 2. The Morgan fingerprint density at radius 1 is 1.25 bits per heavy atom. The summed E-state index contributed by atoms with van der Waals surface area (Å²) in [6.45, 7) is 6.49. The van der Waals surface area contributed by atoms with E-state index in [2.05, 4.69) is 46.4 Å². The van der Waals surface area contributed by atoms with E-state index >= 15 is 0 Å². The van der Waals surface area contributed by atoms with Gasteiger partial charge in [-0.2, -0.15) is 0 Å². The van der Waals surface area contributed by atoms with Gasteiger partial charge in [-0.05, 0) is 57.7 Å². The number of rotatable bonds is 8. The average molecular weight is 444 g/mol. The molecule has 1 fully saturated rings. The standard InChI is InChI=1S/C19H32N4.HI/c1-17-9-5-7-15-23(17)16-8-6-13-21-19(20)22-14-12-18-10-3-2-4-11-18;/h2-4,10-11,17H,5-9,12-16H2,1H3,(H3,20,21,22);1H. The van der Waals surface area contributed by atoms with E-state index in [-0.39, 0.29) is 24.0 Å². The van der Waals surface area contributed by atoms with Crippen LogP contribution in [-0.2, 0) is 6.42 Å². The van der Waals surface area contributed by atoms with Crippen molar-refractivity contribution in [2.75, 3.05) is 26.2 Å². The monoisotopic (exact) mass is 444 g/mol.